The molecule has 0 rings (SSSR count). The van der Waals surface area contributed by atoms with Crippen molar-refractivity contribution in [2.45, 2.75) is 239 Å². The lowest BCUT2D eigenvalue weighted by Crippen LogP contribution is -2.30. The summed E-state index contributed by atoms with van der Waals surface area (Å²) in [6.07, 6.45) is 68.2. The first-order valence-electron chi connectivity index (χ1n) is 26.2. The van der Waals surface area contributed by atoms with Gasteiger partial charge in [0, 0.05) is 19.3 Å². The molecule has 0 radical (unpaired) electrons. The molecule has 0 bridgehead atoms. The maximum absolute atomic E-state index is 12.8. The van der Waals surface area contributed by atoms with Crippen LogP contribution in [0.3, 0.4) is 0 Å². The molecule has 364 valence electrons. The minimum atomic E-state index is -0.799. The maximum atomic E-state index is 12.8. The molecule has 0 aromatic rings. The summed E-state index contributed by atoms with van der Waals surface area (Å²) in [5, 5.41) is 0. The Bertz CT molecular complexity index is 1300. The Balaban J connectivity index is 4.47. The first kappa shape index (κ1) is 60.3. The van der Waals surface area contributed by atoms with Gasteiger partial charge in [0.2, 0.25) is 0 Å². The Morgan fingerprint density at radius 1 is 0.328 bits per heavy atom. The number of hydrogen-bond acceptors (Lipinski definition) is 6. The van der Waals surface area contributed by atoms with Gasteiger partial charge in [-0.05, 0) is 96.3 Å². The van der Waals surface area contributed by atoms with E-state index in [1.807, 2.05) is 0 Å². The van der Waals surface area contributed by atoms with E-state index < -0.39 is 6.10 Å². The van der Waals surface area contributed by atoms with Crippen molar-refractivity contribution < 1.29 is 28.6 Å². The average molecular weight is 889 g/mol. The third kappa shape index (κ3) is 49.3. The molecule has 0 aliphatic rings. The van der Waals surface area contributed by atoms with Gasteiger partial charge in [0.1, 0.15) is 13.2 Å². The minimum absolute atomic E-state index is 0.0947. The van der Waals surface area contributed by atoms with E-state index in [4.69, 9.17) is 14.2 Å². The molecular weight excluding hydrogens is 793 g/mol. The molecule has 6 nitrogen and oxygen atoms in total. The lowest BCUT2D eigenvalue weighted by molar-refractivity contribution is -0.167. The highest BCUT2D eigenvalue weighted by Gasteiger charge is 2.19. The first-order chi connectivity index (χ1) is 31.5. The molecule has 0 unspecified atom stereocenters. The van der Waals surface area contributed by atoms with Crippen molar-refractivity contribution in [3.8, 4) is 0 Å². The Kier molecular flexibility index (Phi) is 49.0. The number of carbonyl (C=O) groups excluding carboxylic acids is 3. The summed E-state index contributed by atoms with van der Waals surface area (Å²) in [5.41, 5.74) is 0. The van der Waals surface area contributed by atoms with Crippen LogP contribution in [0.25, 0.3) is 0 Å². The summed E-state index contributed by atoms with van der Waals surface area (Å²) in [5.74, 6) is -0.947. The van der Waals surface area contributed by atoms with Gasteiger partial charge in [0.05, 0.1) is 0 Å². The number of ether oxygens (including phenoxy) is 3. The van der Waals surface area contributed by atoms with E-state index in [0.29, 0.717) is 19.3 Å². The van der Waals surface area contributed by atoms with Crippen molar-refractivity contribution in [1.82, 2.24) is 0 Å². The minimum Gasteiger partial charge on any atom is -0.462 e. The number of rotatable bonds is 46. The second-order valence-electron chi connectivity index (χ2n) is 17.0. The van der Waals surface area contributed by atoms with Gasteiger partial charge in [-0.15, -0.1) is 0 Å². The van der Waals surface area contributed by atoms with Crippen LogP contribution in [0.4, 0.5) is 0 Å². The fourth-order valence-electron chi connectivity index (χ4n) is 6.95. The Labute approximate surface area is 394 Å². The van der Waals surface area contributed by atoms with E-state index in [1.54, 1.807) is 0 Å². The fraction of sp³-hybridized carbons (Fsp3) is 0.672. The third-order valence-corrected chi connectivity index (χ3v) is 10.8. The number of hydrogen-bond donors (Lipinski definition) is 0. The van der Waals surface area contributed by atoms with Crippen molar-refractivity contribution in [3.05, 3.63) is 97.2 Å². The number of esters is 3. The maximum Gasteiger partial charge on any atom is 0.306 e. The molecule has 0 amide bonds. The SMILES string of the molecule is CC/C=C\C/C=C\C/C=C\C/C=C\C/C=C\CCCCCC(=O)OC[C@@H](COC(=O)CCCCCCCCCCCCCC)OC(=O)CCCCCCC/C=C\C/C=C\C/C=C\CC. The quantitative estimate of drug-likeness (QED) is 0.0262. The summed E-state index contributed by atoms with van der Waals surface area (Å²) in [6, 6.07) is 0. The lowest BCUT2D eigenvalue weighted by atomic mass is 10.0. The molecule has 0 saturated heterocycles. The molecule has 6 heteroatoms. The van der Waals surface area contributed by atoms with Gasteiger partial charge in [0.25, 0.3) is 0 Å². The van der Waals surface area contributed by atoms with Crippen LogP contribution in [-0.4, -0.2) is 37.2 Å². The first-order valence-corrected chi connectivity index (χ1v) is 26.2. The smallest absolute Gasteiger partial charge is 0.306 e. The largest absolute Gasteiger partial charge is 0.462 e. The van der Waals surface area contributed by atoms with E-state index in [9.17, 15) is 14.4 Å². The van der Waals surface area contributed by atoms with Gasteiger partial charge in [0.15, 0.2) is 6.10 Å². The van der Waals surface area contributed by atoms with Crippen LogP contribution < -0.4 is 0 Å². The van der Waals surface area contributed by atoms with Gasteiger partial charge in [-0.1, -0.05) is 214 Å². The van der Waals surface area contributed by atoms with Crippen molar-refractivity contribution in [3.63, 3.8) is 0 Å². The molecule has 1 atom stereocenters. The third-order valence-electron chi connectivity index (χ3n) is 10.8. The van der Waals surface area contributed by atoms with Crippen molar-refractivity contribution in [2.24, 2.45) is 0 Å². The average Bonchev–Trinajstić information content (AvgIpc) is 3.29. The molecule has 0 aromatic heterocycles. The molecule has 0 aromatic carbocycles. The van der Waals surface area contributed by atoms with Gasteiger partial charge >= 0.3 is 17.9 Å². The van der Waals surface area contributed by atoms with Crippen molar-refractivity contribution in [2.75, 3.05) is 13.2 Å². The summed E-state index contributed by atoms with van der Waals surface area (Å²) < 4.78 is 16.8. The van der Waals surface area contributed by atoms with Crippen LogP contribution in [0.15, 0.2) is 97.2 Å². The fourth-order valence-corrected chi connectivity index (χ4v) is 6.95. The number of carbonyl (C=O) groups is 3. The Morgan fingerprint density at radius 2 is 0.609 bits per heavy atom. The van der Waals surface area contributed by atoms with Crippen molar-refractivity contribution in [1.29, 1.82) is 0 Å². The summed E-state index contributed by atoms with van der Waals surface area (Å²) in [4.78, 5) is 38.0. The van der Waals surface area contributed by atoms with Crippen molar-refractivity contribution >= 4 is 17.9 Å². The summed E-state index contributed by atoms with van der Waals surface area (Å²) in [7, 11) is 0. The monoisotopic (exact) mass is 889 g/mol. The molecule has 0 heterocycles. The highest BCUT2D eigenvalue weighted by Crippen LogP contribution is 2.14. The van der Waals surface area contributed by atoms with Crippen LogP contribution in [0.5, 0.6) is 0 Å². The van der Waals surface area contributed by atoms with Crippen LogP contribution in [0.2, 0.25) is 0 Å². The predicted molar refractivity (Wildman–Crippen MR) is 274 cm³/mol. The van der Waals surface area contributed by atoms with E-state index >= 15 is 0 Å². The Morgan fingerprint density at radius 3 is 0.969 bits per heavy atom. The summed E-state index contributed by atoms with van der Waals surface area (Å²) in [6.45, 7) is 6.36. The van der Waals surface area contributed by atoms with Gasteiger partial charge in [-0.3, -0.25) is 14.4 Å². The second-order valence-corrected chi connectivity index (χ2v) is 17.0. The molecule has 0 spiro atoms. The van der Waals surface area contributed by atoms with Gasteiger partial charge < -0.3 is 14.2 Å². The standard InChI is InChI=1S/C58H96O6/c1-4-7-10-13-16-19-22-25-27-28-29-30-32-33-36-39-42-45-48-51-57(60)63-54-55(53-62-56(59)50-47-44-41-38-35-24-21-18-15-12-9-6-3)64-58(61)52-49-46-43-40-37-34-31-26-23-20-17-14-11-8-5-2/h7-8,10-11,16-17,19-20,25-27,29-31,33,36,55H,4-6,9,12-15,18,21-24,28,32,34-35,37-54H2,1-3H3/b10-7-,11-8-,19-16-,20-17-,27-25-,30-29-,31-26-,36-33-/t55-/m1/s1. The van der Waals surface area contributed by atoms with E-state index in [1.165, 1.54) is 57.8 Å². The predicted octanol–water partition coefficient (Wildman–Crippen LogP) is 17.4. The number of allylic oxidation sites excluding steroid dienone is 16. The second kappa shape index (κ2) is 52.0. The molecule has 0 aliphatic heterocycles. The Hall–Kier alpha value is -3.67. The molecule has 64 heavy (non-hydrogen) atoms. The highest BCUT2D eigenvalue weighted by atomic mass is 16.6. The van der Waals surface area contributed by atoms with E-state index in [0.717, 1.165) is 135 Å². The van der Waals surface area contributed by atoms with Gasteiger partial charge in [-0.25, -0.2) is 0 Å². The lowest BCUT2D eigenvalue weighted by Gasteiger charge is -2.18. The van der Waals surface area contributed by atoms with E-state index in [2.05, 4.69) is 118 Å². The molecule has 0 saturated carbocycles. The van der Waals surface area contributed by atoms with E-state index in [-0.39, 0.29) is 31.1 Å². The molecular formula is C58H96O6. The zero-order chi connectivity index (χ0) is 46.5. The number of unbranched alkanes of at least 4 members (excludes halogenated alkanes) is 19. The van der Waals surface area contributed by atoms with Crippen LogP contribution >= 0.6 is 0 Å². The van der Waals surface area contributed by atoms with Crippen LogP contribution in [0.1, 0.15) is 233 Å². The topological polar surface area (TPSA) is 78.9 Å². The normalized spacial score (nSPS) is 12.9. The van der Waals surface area contributed by atoms with Crippen LogP contribution in [0, 0.1) is 0 Å². The van der Waals surface area contributed by atoms with Crippen LogP contribution in [-0.2, 0) is 28.6 Å². The molecule has 0 aliphatic carbocycles. The molecule has 0 fully saturated rings. The van der Waals surface area contributed by atoms with Gasteiger partial charge in [-0.2, -0.15) is 0 Å². The highest BCUT2D eigenvalue weighted by molar-refractivity contribution is 5.71. The zero-order valence-electron chi connectivity index (χ0n) is 41.5. The summed E-state index contributed by atoms with van der Waals surface area (Å²) >= 11 is 0. The molecule has 0 N–H and O–H groups in total. The zero-order valence-corrected chi connectivity index (χ0v) is 41.5.